The zero-order chi connectivity index (χ0) is 20.9. The van der Waals surface area contributed by atoms with Crippen LogP contribution in [0.15, 0.2) is 41.8 Å². The first kappa shape index (κ1) is 20.1. The minimum absolute atomic E-state index is 0.350. The maximum absolute atomic E-state index is 12.7. The van der Waals surface area contributed by atoms with E-state index in [-0.39, 0.29) is 0 Å². The molecular formula is C16H14F3NO7S. The fraction of sp³-hybridized carbons (Fsp3) is 0.375. The maximum Gasteiger partial charge on any atom is 0.415 e. The lowest BCUT2D eigenvalue weighted by molar-refractivity contribution is -0.236. The molecule has 0 spiro atoms. The third-order valence-corrected chi connectivity index (χ3v) is 5.60. The molecule has 2 N–H and O–H groups in total. The Kier molecular flexibility index (Phi) is 4.88. The van der Waals surface area contributed by atoms with Crippen LogP contribution >= 0.6 is 0 Å². The van der Waals surface area contributed by atoms with Crippen molar-refractivity contribution in [2.75, 3.05) is 0 Å². The number of fused-ring (bicyclic) bond motifs is 1. The number of carboxylic acids is 1. The molecule has 1 aromatic rings. The van der Waals surface area contributed by atoms with E-state index in [0.717, 1.165) is 0 Å². The van der Waals surface area contributed by atoms with E-state index in [1.165, 1.54) is 12.1 Å². The van der Waals surface area contributed by atoms with E-state index in [9.17, 15) is 41.4 Å². The summed E-state index contributed by atoms with van der Waals surface area (Å²) in [4.78, 5) is 24.0. The Balaban J connectivity index is 1.84. The van der Waals surface area contributed by atoms with Crippen LogP contribution in [0.2, 0.25) is 0 Å². The molecule has 3 unspecified atom stereocenters. The molecule has 8 nitrogen and oxygen atoms in total. The summed E-state index contributed by atoms with van der Waals surface area (Å²) >= 11 is 0. The molecule has 0 aliphatic carbocycles. The summed E-state index contributed by atoms with van der Waals surface area (Å²) in [5, 5.41) is 18.6. The number of amides is 1. The van der Waals surface area contributed by atoms with Crippen LogP contribution in [0.25, 0.3) is 0 Å². The van der Waals surface area contributed by atoms with Crippen molar-refractivity contribution >= 4 is 22.0 Å². The number of aliphatic carboxylic acids is 1. The summed E-state index contributed by atoms with van der Waals surface area (Å²) in [6, 6.07) is 6.45. The molecule has 0 aromatic heterocycles. The van der Waals surface area contributed by atoms with E-state index in [1.807, 2.05) is 0 Å². The normalized spacial score (nSPS) is 23.3. The number of hydrogen-bond acceptors (Lipinski definition) is 6. The van der Waals surface area contributed by atoms with Crippen molar-refractivity contribution in [3.05, 3.63) is 47.4 Å². The number of carboxylic acid groups (broad SMARTS) is 1. The molecule has 0 bridgehead atoms. The minimum atomic E-state index is -5.08. The maximum atomic E-state index is 12.7. The predicted molar refractivity (Wildman–Crippen MR) is 85.6 cm³/mol. The first-order valence-corrected chi connectivity index (χ1v) is 9.50. The molecule has 2 aliphatic rings. The highest BCUT2D eigenvalue weighted by molar-refractivity contribution is 7.86. The Labute approximate surface area is 156 Å². The van der Waals surface area contributed by atoms with Crippen LogP contribution < -0.4 is 0 Å². The fourth-order valence-corrected chi connectivity index (χ4v) is 4.40. The van der Waals surface area contributed by atoms with E-state index >= 15 is 0 Å². The van der Waals surface area contributed by atoms with Crippen LogP contribution in [-0.4, -0.2) is 53.7 Å². The van der Waals surface area contributed by atoms with E-state index in [0.29, 0.717) is 10.5 Å². The summed E-state index contributed by atoms with van der Waals surface area (Å²) in [6.45, 7) is 0. The number of rotatable bonds is 6. The van der Waals surface area contributed by atoms with Gasteiger partial charge in [-0.1, -0.05) is 30.3 Å². The molecule has 2 aliphatic heterocycles. The van der Waals surface area contributed by atoms with Gasteiger partial charge in [0, 0.05) is 6.42 Å². The van der Waals surface area contributed by atoms with Gasteiger partial charge in [-0.05, 0) is 5.56 Å². The van der Waals surface area contributed by atoms with Crippen LogP contribution in [0.4, 0.5) is 13.2 Å². The van der Waals surface area contributed by atoms with Crippen LogP contribution in [0.5, 0.6) is 0 Å². The molecule has 28 heavy (non-hydrogen) atoms. The zero-order valence-corrected chi connectivity index (χ0v) is 14.8. The third-order valence-electron chi connectivity index (χ3n) is 4.46. The van der Waals surface area contributed by atoms with Crippen LogP contribution in [0.3, 0.4) is 0 Å². The van der Waals surface area contributed by atoms with Crippen molar-refractivity contribution in [3.63, 3.8) is 0 Å². The SMILES string of the molecule is O=C(O)C1=C(OS(=O)(=O)Cc2ccccc2)CC2C(C(O)C(F)(F)F)C(=O)N12. The Morgan fingerprint density at radius 3 is 2.43 bits per heavy atom. The predicted octanol–water partition coefficient (Wildman–Crippen LogP) is 0.983. The second kappa shape index (κ2) is 6.78. The van der Waals surface area contributed by atoms with E-state index in [2.05, 4.69) is 0 Å². The summed E-state index contributed by atoms with van der Waals surface area (Å²) in [6.07, 6.45) is -8.64. The first-order valence-electron chi connectivity index (χ1n) is 7.93. The Hall–Kier alpha value is -2.60. The number of carbonyl (C=O) groups excluding carboxylic acids is 1. The number of benzene rings is 1. The highest BCUT2D eigenvalue weighted by Crippen LogP contribution is 2.47. The Morgan fingerprint density at radius 1 is 1.29 bits per heavy atom. The number of β-lactam (4-membered cyclic amide) rings is 1. The molecule has 2 heterocycles. The summed E-state index contributed by atoms with van der Waals surface area (Å²) in [5.74, 6) is -6.14. The summed E-state index contributed by atoms with van der Waals surface area (Å²) in [7, 11) is -4.33. The van der Waals surface area contributed by atoms with Gasteiger partial charge in [0.25, 0.3) is 0 Å². The van der Waals surface area contributed by atoms with Gasteiger partial charge in [0.2, 0.25) is 5.91 Å². The fourth-order valence-electron chi connectivity index (χ4n) is 3.29. The zero-order valence-electron chi connectivity index (χ0n) is 14.0. The Bertz CT molecular complexity index is 943. The van der Waals surface area contributed by atoms with Crippen molar-refractivity contribution in [2.45, 2.75) is 30.5 Å². The van der Waals surface area contributed by atoms with E-state index < -0.39 is 69.9 Å². The van der Waals surface area contributed by atoms with Gasteiger partial charge in [-0.25, -0.2) is 4.79 Å². The highest BCUT2D eigenvalue weighted by atomic mass is 32.2. The van der Waals surface area contributed by atoms with Gasteiger partial charge in [0.15, 0.2) is 17.6 Å². The number of carbonyl (C=O) groups is 2. The molecule has 1 amide bonds. The molecule has 0 saturated carbocycles. The molecule has 1 aromatic carbocycles. The van der Waals surface area contributed by atoms with Crippen molar-refractivity contribution < 1.29 is 45.6 Å². The van der Waals surface area contributed by atoms with Crippen LogP contribution in [0.1, 0.15) is 12.0 Å². The molecule has 152 valence electrons. The van der Waals surface area contributed by atoms with Gasteiger partial charge < -0.3 is 14.4 Å². The third kappa shape index (κ3) is 3.56. The van der Waals surface area contributed by atoms with Crippen LogP contribution in [0, 0.1) is 5.92 Å². The smallest absolute Gasteiger partial charge is 0.415 e. The van der Waals surface area contributed by atoms with Crippen LogP contribution in [-0.2, 0) is 29.6 Å². The summed E-state index contributed by atoms with van der Waals surface area (Å²) < 4.78 is 67.5. The van der Waals surface area contributed by atoms with Gasteiger partial charge in [-0.2, -0.15) is 21.6 Å². The monoisotopic (exact) mass is 421 g/mol. The lowest BCUT2D eigenvalue weighted by Crippen LogP contribution is -2.64. The molecule has 12 heteroatoms. The number of halogens is 3. The first-order chi connectivity index (χ1) is 12.9. The topological polar surface area (TPSA) is 121 Å². The molecule has 0 radical (unpaired) electrons. The second-order valence-corrected chi connectivity index (χ2v) is 7.91. The number of aliphatic hydroxyl groups excluding tert-OH is 1. The van der Waals surface area contributed by atoms with Crippen molar-refractivity contribution in [1.29, 1.82) is 0 Å². The second-order valence-electron chi connectivity index (χ2n) is 6.34. The summed E-state index contributed by atoms with van der Waals surface area (Å²) in [5.41, 5.74) is -0.486. The van der Waals surface area contributed by atoms with Gasteiger partial charge in [0.05, 0.1) is 12.0 Å². The van der Waals surface area contributed by atoms with Gasteiger partial charge in [-0.15, -0.1) is 0 Å². The number of aliphatic hydroxyl groups is 1. The largest absolute Gasteiger partial charge is 0.476 e. The highest BCUT2D eigenvalue weighted by Gasteiger charge is 2.63. The van der Waals surface area contributed by atoms with E-state index in [4.69, 9.17) is 4.18 Å². The molecule has 3 rings (SSSR count). The van der Waals surface area contributed by atoms with Crippen molar-refractivity contribution in [2.24, 2.45) is 5.92 Å². The van der Waals surface area contributed by atoms with Gasteiger partial charge in [-0.3, -0.25) is 9.69 Å². The molecule has 1 fully saturated rings. The lowest BCUT2D eigenvalue weighted by atomic mass is 9.82. The average molecular weight is 421 g/mol. The van der Waals surface area contributed by atoms with E-state index in [1.54, 1.807) is 18.2 Å². The average Bonchev–Trinajstić information content (AvgIpc) is 2.88. The van der Waals surface area contributed by atoms with Gasteiger partial charge >= 0.3 is 22.3 Å². The van der Waals surface area contributed by atoms with Gasteiger partial charge in [0.1, 0.15) is 5.75 Å². The van der Waals surface area contributed by atoms with Crippen molar-refractivity contribution in [1.82, 2.24) is 4.90 Å². The quantitative estimate of drug-likeness (QED) is 0.519. The standard InChI is InChI=1S/C16H14F3NO7S/c17-16(18,19)13(21)11-9-6-10(12(15(23)24)20(9)14(11)22)27-28(25,26)7-8-4-2-1-3-5-8/h1-5,9,11,13,21H,6-7H2,(H,23,24). The molecule has 3 atom stereocenters. The minimum Gasteiger partial charge on any atom is -0.476 e. The molecular weight excluding hydrogens is 407 g/mol. The number of hydrogen-bond donors (Lipinski definition) is 2. The Morgan fingerprint density at radius 2 is 1.89 bits per heavy atom. The number of alkyl halides is 3. The van der Waals surface area contributed by atoms with Crippen molar-refractivity contribution in [3.8, 4) is 0 Å². The number of nitrogens with zero attached hydrogens (tertiary/aromatic N) is 1. The lowest BCUT2D eigenvalue weighted by Gasteiger charge is -2.45. The molecule has 1 saturated heterocycles.